The second-order valence-electron chi connectivity index (χ2n) is 4.85. The summed E-state index contributed by atoms with van der Waals surface area (Å²) in [7, 11) is 0. The standard InChI is InChI=1S/C16H12BrNO3/c1-9(16(19)20)11-4-7-14-13(8-11)15(18-21-14)10-2-5-12(17)6-3-10/h2-9H,1H3,(H,19,20). The molecular formula is C16H12BrNO3. The van der Waals surface area contributed by atoms with Crippen molar-refractivity contribution in [3.63, 3.8) is 0 Å². The summed E-state index contributed by atoms with van der Waals surface area (Å²) in [6.07, 6.45) is 0. The van der Waals surface area contributed by atoms with Gasteiger partial charge in [-0.15, -0.1) is 0 Å². The van der Waals surface area contributed by atoms with Crippen molar-refractivity contribution in [2.24, 2.45) is 0 Å². The smallest absolute Gasteiger partial charge is 0.310 e. The SMILES string of the molecule is CC(C(=O)O)c1ccc2onc(-c3ccc(Br)cc3)c2c1. The Morgan fingerprint density at radius 2 is 1.95 bits per heavy atom. The van der Waals surface area contributed by atoms with Crippen LogP contribution < -0.4 is 0 Å². The van der Waals surface area contributed by atoms with Gasteiger partial charge in [-0.05, 0) is 36.8 Å². The number of rotatable bonds is 3. The molecular weight excluding hydrogens is 334 g/mol. The fraction of sp³-hybridized carbons (Fsp3) is 0.125. The Labute approximate surface area is 129 Å². The van der Waals surface area contributed by atoms with E-state index >= 15 is 0 Å². The molecule has 0 aliphatic heterocycles. The summed E-state index contributed by atoms with van der Waals surface area (Å²) in [5.74, 6) is -1.42. The van der Waals surface area contributed by atoms with Crippen LogP contribution in [0.3, 0.4) is 0 Å². The monoisotopic (exact) mass is 345 g/mol. The van der Waals surface area contributed by atoms with Crippen LogP contribution in [0.15, 0.2) is 51.5 Å². The van der Waals surface area contributed by atoms with Crippen LogP contribution in [-0.2, 0) is 4.79 Å². The number of benzene rings is 2. The zero-order valence-corrected chi connectivity index (χ0v) is 12.8. The molecule has 0 fully saturated rings. The van der Waals surface area contributed by atoms with E-state index in [0.717, 1.165) is 26.7 Å². The Balaban J connectivity index is 2.13. The van der Waals surface area contributed by atoms with Crippen molar-refractivity contribution in [2.75, 3.05) is 0 Å². The van der Waals surface area contributed by atoms with Crippen molar-refractivity contribution in [1.82, 2.24) is 5.16 Å². The molecule has 0 amide bonds. The minimum Gasteiger partial charge on any atom is -0.481 e. The number of halogens is 1. The first-order chi connectivity index (χ1) is 10.1. The summed E-state index contributed by atoms with van der Waals surface area (Å²) in [6, 6.07) is 13.1. The van der Waals surface area contributed by atoms with E-state index in [1.165, 1.54) is 0 Å². The molecule has 0 radical (unpaired) electrons. The summed E-state index contributed by atoms with van der Waals surface area (Å²) in [4.78, 5) is 11.1. The van der Waals surface area contributed by atoms with Gasteiger partial charge in [-0.1, -0.05) is 39.3 Å². The average molecular weight is 346 g/mol. The third-order valence-electron chi connectivity index (χ3n) is 3.48. The molecule has 1 heterocycles. The van der Waals surface area contributed by atoms with E-state index in [2.05, 4.69) is 21.1 Å². The van der Waals surface area contributed by atoms with Crippen molar-refractivity contribution >= 4 is 32.9 Å². The fourth-order valence-corrected chi connectivity index (χ4v) is 2.45. The van der Waals surface area contributed by atoms with E-state index in [0.29, 0.717) is 5.58 Å². The first-order valence-electron chi connectivity index (χ1n) is 6.44. The van der Waals surface area contributed by atoms with Gasteiger partial charge in [0, 0.05) is 15.4 Å². The molecule has 0 aliphatic rings. The predicted molar refractivity (Wildman–Crippen MR) is 83.2 cm³/mol. The van der Waals surface area contributed by atoms with Crippen LogP contribution in [0, 0.1) is 0 Å². The van der Waals surface area contributed by atoms with E-state index in [1.54, 1.807) is 19.1 Å². The van der Waals surface area contributed by atoms with Gasteiger partial charge in [0.2, 0.25) is 0 Å². The number of carboxylic acid groups (broad SMARTS) is 1. The Kier molecular flexibility index (Phi) is 3.51. The molecule has 1 unspecified atom stereocenters. The number of aliphatic carboxylic acids is 1. The zero-order valence-electron chi connectivity index (χ0n) is 11.2. The minimum atomic E-state index is -0.851. The number of hydrogen-bond donors (Lipinski definition) is 1. The molecule has 0 bridgehead atoms. The molecule has 3 rings (SSSR count). The number of carboxylic acids is 1. The maximum Gasteiger partial charge on any atom is 0.310 e. The summed E-state index contributed by atoms with van der Waals surface area (Å²) >= 11 is 3.40. The van der Waals surface area contributed by atoms with Crippen molar-refractivity contribution in [2.45, 2.75) is 12.8 Å². The molecule has 0 saturated carbocycles. The number of carbonyl (C=O) groups is 1. The van der Waals surface area contributed by atoms with Crippen LogP contribution in [0.1, 0.15) is 18.4 Å². The molecule has 21 heavy (non-hydrogen) atoms. The van der Waals surface area contributed by atoms with Crippen LogP contribution in [-0.4, -0.2) is 16.2 Å². The molecule has 1 aromatic heterocycles. The highest BCUT2D eigenvalue weighted by Gasteiger charge is 2.17. The number of hydrogen-bond acceptors (Lipinski definition) is 3. The van der Waals surface area contributed by atoms with Gasteiger partial charge in [0.1, 0.15) is 5.69 Å². The van der Waals surface area contributed by atoms with Crippen molar-refractivity contribution in [1.29, 1.82) is 0 Å². The van der Waals surface area contributed by atoms with E-state index in [9.17, 15) is 4.79 Å². The summed E-state index contributed by atoms with van der Waals surface area (Å²) in [5, 5.41) is 14.1. The third-order valence-corrected chi connectivity index (χ3v) is 4.01. The molecule has 2 aromatic carbocycles. The Morgan fingerprint density at radius 1 is 1.24 bits per heavy atom. The van der Waals surface area contributed by atoms with Crippen molar-refractivity contribution < 1.29 is 14.4 Å². The van der Waals surface area contributed by atoms with E-state index in [1.807, 2.05) is 30.3 Å². The van der Waals surface area contributed by atoms with Gasteiger partial charge in [0.15, 0.2) is 5.58 Å². The van der Waals surface area contributed by atoms with Gasteiger partial charge < -0.3 is 9.63 Å². The quantitative estimate of drug-likeness (QED) is 0.761. The maximum absolute atomic E-state index is 11.1. The Morgan fingerprint density at radius 3 is 2.62 bits per heavy atom. The predicted octanol–water partition coefficient (Wildman–Crippen LogP) is 4.45. The first-order valence-corrected chi connectivity index (χ1v) is 7.23. The summed E-state index contributed by atoms with van der Waals surface area (Å²) < 4.78 is 6.31. The topological polar surface area (TPSA) is 63.3 Å². The number of aromatic nitrogens is 1. The van der Waals surface area contributed by atoms with Gasteiger partial charge in [-0.2, -0.15) is 0 Å². The van der Waals surface area contributed by atoms with E-state index < -0.39 is 11.9 Å². The van der Waals surface area contributed by atoms with Gasteiger partial charge in [0.05, 0.1) is 5.92 Å². The molecule has 4 nitrogen and oxygen atoms in total. The lowest BCUT2D eigenvalue weighted by molar-refractivity contribution is -0.138. The van der Waals surface area contributed by atoms with Crippen molar-refractivity contribution in [3.8, 4) is 11.3 Å². The van der Waals surface area contributed by atoms with Gasteiger partial charge in [-0.25, -0.2) is 0 Å². The summed E-state index contributed by atoms with van der Waals surface area (Å²) in [6.45, 7) is 1.66. The second kappa shape index (κ2) is 5.33. The van der Waals surface area contributed by atoms with E-state index in [-0.39, 0.29) is 0 Å². The minimum absolute atomic E-state index is 0.568. The Hall–Kier alpha value is -2.14. The summed E-state index contributed by atoms with van der Waals surface area (Å²) in [5.41, 5.74) is 3.03. The lowest BCUT2D eigenvalue weighted by Gasteiger charge is -2.06. The van der Waals surface area contributed by atoms with Gasteiger partial charge in [0.25, 0.3) is 0 Å². The van der Waals surface area contributed by atoms with Crippen molar-refractivity contribution in [3.05, 3.63) is 52.5 Å². The lowest BCUT2D eigenvalue weighted by atomic mass is 9.98. The van der Waals surface area contributed by atoms with Crippen LogP contribution in [0.25, 0.3) is 22.2 Å². The average Bonchev–Trinajstić information content (AvgIpc) is 2.90. The molecule has 0 aliphatic carbocycles. The molecule has 1 atom stereocenters. The lowest BCUT2D eigenvalue weighted by Crippen LogP contribution is -2.06. The largest absolute Gasteiger partial charge is 0.481 e. The molecule has 106 valence electrons. The molecule has 0 spiro atoms. The van der Waals surface area contributed by atoms with E-state index in [4.69, 9.17) is 9.63 Å². The fourth-order valence-electron chi connectivity index (χ4n) is 2.18. The second-order valence-corrected chi connectivity index (χ2v) is 5.77. The molecule has 1 N–H and O–H groups in total. The van der Waals surface area contributed by atoms with Crippen LogP contribution in [0.2, 0.25) is 0 Å². The highest BCUT2D eigenvalue weighted by molar-refractivity contribution is 9.10. The number of fused-ring (bicyclic) bond motifs is 1. The number of nitrogens with zero attached hydrogens (tertiary/aromatic N) is 1. The zero-order chi connectivity index (χ0) is 15.0. The van der Waals surface area contributed by atoms with Crippen LogP contribution in [0.5, 0.6) is 0 Å². The maximum atomic E-state index is 11.1. The first kappa shape index (κ1) is 13.8. The molecule has 3 aromatic rings. The van der Waals surface area contributed by atoms with Crippen LogP contribution in [0.4, 0.5) is 0 Å². The van der Waals surface area contributed by atoms with Crippen LogP contribution >= 0.6 is 15.9 Å². The molecule has 5 heteroatoms. The normalized spacial score (nSPS) is 12.5. The highest BCUT2D eigenvalue weighted by Crippen LogP contribution is 2.31. The third kappa shape index (κ3) is 2.56. The molecule has 0 saturated heterocycles. The van der Waals surface area contributed by atoms with Gasteiger partial charge in [-0.3, -0.25) is 4.79 Å². The Bertz CT molecular complexity index is 808. The van der Waals surface area contributed by atoms with Gasteiger partial charge >= 0.3 is 5.97 Å². The highest BCUT2D eigenvalue weighted by atomic mass is 79.9.